The van der Waals surface area contributed by atoms with Gasteiger partial charge >= 0.3 is 0 Å². The second-order valence-corrected chi connectivity index (χ2v) is 13.8. The van der Waals surface area contributed by atoms with Crippen molar-refractivity contribution in [1.29, 1.82) is 0 Å². The number of nitrogens with zero attached hydrogens (tertiary/aromatic N) is 2. The van der Waals surface area contributed by atoms with Gasteiger partial charge in [-0.2, -0.15) is 0 Å². The number of H-pyrrole nitrogens is 1. The fraction of sp³-hybridized carbons (Fsp3) is 0.385. The molecule has 1 aromatic heterocycles. The number of halogens is 1. The minimum atomic E-state index is -0.736. The molecule has 268 valence electrons. The summed E-state index contributed by atoms with van der Waals surface area (Å²) in [4.78, 5) is 61.7. The molecule has 51 heavy (non-hydrogen) atoms. The molecule has 2 saturated heterocycles. The number of hydrogen-bond acceptors (Lipinski definition) is 6. The molecule has 0 radical (unpaired) electrons. The van der Waals surface area contributed by atoms with Crippen LogP contribution in [0.4, 0.5) is 0 Å². The molecule has 4 atom stereocenters. The van der Waals surface area contributed by atoms with Crippen LogP contribution in [0.3, 0.4) is 0 Å². The SMILES string of the molecule is CNC(=O)[C@H](CCCc1ccccc1)NC(=O)C1CN(C(=O)Cc2c[nH]c3cc(Cl)ccc23)CC2CN(C(=O)c3ccc(OC)c(OC)c3)CC21. The highest BCUT2D eigenvalue weighted by Gasteiger charge is 2.48. The highest BCUT2D eigenvalue weighted by atomic mass is 35.5. The highest BCUT2D eigenvalue weighted by molar-refractivity contribution is 6.31. The van der Waals surface area contributed by atoms with Crippen LogP contribution in [0, 0.1) is 17.8 Å². The Hall–Kier alpha value is -5.03. The van der Waals surface area contributed by atoms with Crippen LogP contribution in [0.5, 0.6) is 11.5 Å². The monoisotopic (exact) mass is 713 g/mol. The summed E-state index contributed by atoms with van der Waals surface area (Å²) in [6.07, 6.45) is 3.89. The number of piperidine rings is 1. The zero-order chi connectivity index (χ0) is 36.1. The Labute approximate surface area is 302 Å². The first-order valence-corrected chi connectivity index (χ1v) is 17.7. The van der Waals surface area contributed by atoms with E-state index in [2.05, 4.69) is 15.6 Å². The van der Waals surface area contributed by atoms with Gasteiger partial charge in [-0.05, 0) is 72.6 Å². The van der Waals surface area contributed by atoms with E-state index in [-0.39, 0.29) is 48.4 Å². The first kappa shape index (κ1) is 35.8. The number of ether oxygens (including phenoxy) is 2. The molecule has 4 aromatic rings. The van der Waals surface area contributed by atoms with Gasteiger partial charge in [0.05, 0.1) is 26.6 Å². The third kappa shape index (κ3) is 7.99. The van der Waals surface area contributed by atoms with Crippen LogP contribution in [0.1, 0.15) is 34.3 Å². The molecule has 3 unspecified atom stereocenters. The second-order valence-electron chi connectivity index (χ2n) is 13.3. The van der Waals surface area contributed by atoms with Crippen molar-refractivity contribution in [3.8, 4) is 11.5 Å². The van der Waals surface area contributed by atoms with Crippen molar-refractivity contribution < 1.29 is 28.7 Å². The van der Waals surface area contributed by atoms with E-state index in [0.29, 0.717) is 54.6 Å². The van der Waals surface area contributed by atoms with Gasteiger partial charge in [0, 0.05) is 60.9 Å². The number of likely N-dealkylation sites (tertiary alicyclic amines) is 2. The molecule has 0 spiro atoms. The number of rotatable bonds is 12. The van der Waals surface area contributed by atoms with E-state index in [1.165, 1.54) is 14.2 Å². The lowest BCUT2D eigenvalue weighted by atomic mass is 9.79. The van der Waals surface area contributed by atoms with Crippen LogP contribution in [0.25, 0.3) is 10.9 Å². The number of fused-ring (bicyclic) bond motifs is 2. The standard InChI is InChI=1S/C39H44ClN5O6/c1-41-38(48)32(11-7-10-24-8-5-4-6-9-24)43-37(47)31-23-44(36(46)17-26-19-42-33-18-28(40)13-14-29(26)33)20-27-21-45(22-30(27)31)39(49)25-12-15-34(50-2)35(16-25)51-3/h4-6,8-9,12-16,18-19,27,30-32,42H,7,10-11,17,20-23H2,1-3H3,(H,41,48)(H,43,47)/t27?,30?,31?,32-/m0/s1. The van der Waals surface area contributed by atoms with Crippen LogP contribution >= 0.6 is 11.6 Å². The molecule has 2 aliphatic rings. The van der Waals surface area contributed by atoms with Gasteiger partial charge in [-0.3, -0.25) is 19.2 Å². The summed E-state index contributed by atoms with van der Waals surface area (Å²) in [6.45, 7) is 1.32. The maximum Gasteiger partial charge on any atom is 0.254 e. The second kappa shape index (κ2) is 15.9. The van der Waals surface area contributed by atoms with E-state index in [9.17, 15) is 19.2 Å². The molecule has 3 aromatic carbocycles. The van der Waals surface area contributed by atoms with E-state index < -0.39 is 12.0 Å². The molecule has 2 aliphatic heterocycles. The van der Waals surface area contributed by atoms with Crippen molar-refractivity contribution >= 4 is 46.1 Å². The zero-order valence-electron chi connectivity index (χ0n) is 29.1. The zero-order valence-corrected chi connectivity index (χ0v) is 29.9. The summed E-state index contributed by atoms with van der Waals surface area (Å²) in [5.41, 5.74) is 3.28. The quantitative estimate of drug-likeness (QED) is 0.198. The number of benzene rings is 3. The predicted molar refractivity (Wildman–Crippen MR) is 195 cm³/mol. The van der Waals surface area contributed by atoms with Crippen molar-refractivity contribution in [3.63, 3.8) is 0 Å². The Morgan fingerprint density at radius 2 is 1.69 bits per heavy atom. The lowest BCUT2D eigenvalue weighted by molar-refractivity contribution is -0.140. The number of hydrogen-bond donors (Lipinski definition) is 3. The maximum absolute atomic E-state index is 14.2. The number of carbonyl (C=O) groups excluding carboxylic acids is 4. The lowest BCUT2D eigenvalue weighted by Crippen LogP contribution is -2.56. The minimum Gasteiger partial charge on any atom is -0.493 e. The fourth-order valence-corrected chi connectivity index (χ4v) is 7.70. The van der Waals surface area contributed by atoms with Gasteiger partial charge in [-0.1, -0.05) is 48.0 Å². The van der Waals surface area contributed by atoms with Crippen LogP contribution < -0.4 is 20.1 Å². The molecule has 0 bridgehead atoms. The third-order valence-electron chi connectivity index (χ3n) is 10.2. The summed E-state index contributed by atoms with van der Waals surface area (Å²) in [5, 5.41) is 7.24. The van der Waals surface area contributed by atoms with E-state index >= 15 is 0 Å². The summed E-state index contributed by atoms with van der Waals surface area (Å²) in [7, 11) is 4.61. The minimum absolute atomic E-state index is 0.113. The average molecular weight is 714 g/mol. The van der Waals surface area contributed by atoms with E-state index in [1.807, 2.05) is 48.7 Å². The van der Waals surface area contributed by atoms with Crippen molar-refractivity contribution in [3.05, 3.63) is 94.6 Å². The summed E-state index contributed by atoms with van der Waals surface area (Å²) < 4.78 is 10.8. The van der Waals surface area contributed by atoms with Gasteiger partial charge in [-0.25, -0.2) is 0 Å². The van der Waals surface area contributed by atoms with Crippen LogP contribution in [0.2, 0.25) is 5.02 Å². The van der Waals surface area contributed by atoms with E-state index in [1.54, 1.807) is 41.1 Å². The third-order valence-corrected chi connectivity index (χ3v) is 10.5. The van der Waals surface area contributed by atoms with Crippen LogP contribution in [0.15, 0.2) is 72.9 Å². The van der Waals surface area contributed by atoms with Crippen LogP contribution in [-0.2, 0) is 27.2 Å². The largest absolute Gasteiger partial charge is 0.493 e. The first-order chi connectivity index (χ1) is 24.7. The molecular weight excluding hydrogens is 670 g/mol. The Bertz CT molecular complexity index is 1900. The Morgan fingerprint density at radius 1 is 0.922 bits per heavy atom. The Morgan fingerprint density at radius 3 is 2.43 bits per heavy atom. The number of methoxy groups -OCH3 is 2. The van der Waals surface area contributed by atoms with Gasteiger partial charge in [0.1, 0.15) is 6.04 Å². The lowest BCUT2D eigenvalue weighted by Gasteiger charge is -2.40. The highest BCUT2D eigenvalue weighted by Crippen LogP contribution is 2.37. The number of aromatic amines is 1. The predicted octanol–water partition coefficient (Wildman–Crippen LogP) is 4.48. The summed E-state index contributed by atoms with van der Waals surface area (Å²) in [5.74, 6) is -0.876. The van der Waals surface area contributed by atoms with Crippen LogP contribution in [-0.4, -0.2) is 91.9 Å². The number of nitrogens with one attached hydrogen (secondary N) is 3. The Balaban J connectivity index is 1.22. The average Bonchev–Trinajstić information content (AvgIpc) is 3.77. The fourth-order valence-electron chi connectivity index (χ4n) is 7.53. The summed E-state index contributed by atoms with van der Waals surface area (Å²) in [6, 6.07) is 19.8. The van der Waals surface area contributed by atoms with E-state index in [0.717, 1.165) is 28.5 Å². The number of amides is 4. The number of aromatic nitrogens is 1. The van der Waals surface area contributed by atoms with E-state index in [4.69, 9.17) is 21.1 Å². The maximum atomic E-state index is 14.2. The first-order valence-electron chi connectivity index (χ1n) is 17.3. The Kier molecular flexibility index (Phi) is 11.1. The van der Waals surface area contributed by atoms with Gasteiger partial charge < -0.3 is 34.9 Å². The van der Waals surface area contributed by atoms with Crippen molar-refractivity contribution in [2.24, 2.45) is 17.8 Å². The molecule has 3 N–H and O–H groups in total. The van der Waals surface area contributed by atoms with Crippen molar-refractivity contribution in [2.45, 2.75) is 31.7 Å². The molecule has 0 aliphatic carbocycles. The molecule has 6 rings (SSSR count). The molecule has 0 saturated carbocycles. The van der Waals surface area contributed by atoms with Gasteiger partial charge in [-0.15, -0.1) is 0 Å². The summed E-state index contributed by atoms with van der Waals surface area (Å²) >= 11 is 6.18. The molecule has 12 heteroatoms. The topological polar surface area (TPSA) is 133 Å². The smallest absolute Gasteiger partial charge is 0.254 e. The van der Waals surface area contributed by atoms with Crippen molar-refractivity contribution in [2.75, 3.05) is 47.4 Å². The molecule has 3 heterocycles. The van der Waals surface area contributed by atoms with Crippen molar-refractivity contribution in [1.82, 2.24) is 25.4 Å². The number of aryl methyl sites for hydroxylation is 1. The number of likely N-dealkylation sites (N-methyl/N-ethyl adjacent to an activating group) is 1. The molecule has 11 nitrogen and oxygen atoms in total. The molecule has 4 amide bonds. The van der Waals surface area contributed by atoms with Gasteiger partial charge in [0.25, 0.3) is 5.91 Å². The molecular formula is C39H44ClN5O6. The van der Waals surface area contributed by atoms with Gasteiger partial charge in [0.2, 0.25) is 17.7 Å². The normalized spacial score (nSPS) is 18.9. The molecule has 2 fully saturated rings. The number of carbonyl (C=O) groups is 4. The van der Waals surface area contributed by atoms with Gasteiger partial charge in [0.15, 0.2) is 11.5 Å².